The molecule has 0 unspecified atom stereocenters. The number of para-hydroxylation sites is 2. The van der Waals surface area contributed by atoms with Gasteiger partial charge in [0.05, 0.1) is 42.4 Å². The lowest BCUT2D eigenvalue weighted by Crippen LogP contribution is -2.36. The maximum absolute atomic E-state index is 13.2. The maximum Gasteiger partial charge on any atom is 0.259 e. The van der Waals surface area contributed by atoms with Gasteiger partial charge in [-0.3, -0.25) is 9.48 Å². The molecule has 1 aliphatic rings. The van der Waals surface area contributed by atoms with Gasteiger partial charge >= 0.3 is 0 Å². The summed E-state index contributed by atoms with van der Waals surface area (Å²) in [5, 5.41) is 8.38. The van der Waals surface area contributed by atoms with E-state index in [1.807, 2.05) is 67.1 Å². The Hall–Kier alpha value is -2.83. The van der Waals surface area contributed by atoms with Gasteiger partial charge in [0.2, 0.25) is 0 Å². The molecule has 0 aliphatic carbocycles. The van der Waals surface area contributed by atoms with E-state index in [9.17, 15) is 4.79 Å². The van der Waals surface area contributed by atoms with Crippen molar-refractivity contribution in [3.8, 4) is 0 Å². The first kappa shape index (κ1) is 20.4. The van der Waals surface area contributed by atoms with Crippen LogP contribution in [-0.4, -0.2) is 42.0 Å². The Balaban J connectivity index is 1.58. The van der Waals surface area contributed by atoms with Crippen molar-refractivity contribution in [1.82, 2.24) is 9.78 Å². The number of carbonyl (C=O) groups is 1. The van der Waals surface area contributed by atoms with Crippen molar-refractivity contribution in [1.29, 1.82) is 0 Å². The molecule has 0 saturated carbocycles. The molecule has 2 heterocycles. The van der Waals surface area contributed by atoms with E-state index < -0.39 is 0 Å². The monoisotopic (exact) mass is 424 g/mol. The van der Waals surface area contributed by atoms with E-state index in [0.717, 1.165) is 35.7 Å². The quantitative estimate of drug-likeness (QED) is 0.663. The minimum absolute atomic E-state index is 0.156. The first-order chi connectivity index (χ1) is 14.5. The van der Waals surface area contributed by atoms with Gasteiger partial charge in [-0.15, -0.1) is 0 Å². The highest BCUT2D eigenvalue weighted by atomic mass is 35.5. The molecule has 1 amide bonds. The molecule has 1 saturated heterocycles. The Morgan fingerprint density at radius 1 is 1.10 bits per heavy atom. The average molecular weight is 425 g/mol. The van der Waals surface area contributed by atoms with Crippen LogP contribution in [0.4, 0.5) is 11.4 Å². The number of morpholine rings is 1. The summed E-state index contributed by atoms with van der Waals surface area (Å²) in [7, 11) is 0. The number of rotatable bonds is 5. The van der Waals surface area contributed by atoms with Crippen LogP contribution in [0.1, 0.15) is 27.3 Å². The molecule has 156 valence electrons. The molecule has 2 aromatic carbocycles. The summed E-state index contributed by atoms with van der Waals surface area (Å²) >= 11 is 6.30. The second-order valence-electron chi connectivity index (χ2n) is 7.37. The Labute approximate surface area is 181 Å². The highest BCUT2D eigenvalue weighted by Crippen LogP contribution is 2.28. The van der Waals surface area contributed by atoms with Crippen molar-refractivity contribution >= 4 is 28.9 Å². The predicted molar refractivity (Wildman–Crippen MR) is 120 cm³/mol. The van der Waals surface area contributed by atoms with E-state index in [-0.39, 0.29) is 5.91 Å². The highest BCUT2D eigenvalue weighted by molar-refractivity contribution is 6.31. The molecule has 0 spiro atoms. The number of amides is 1. The molecule has 6 nitrogen and oxygen atoms in total. The van der Waals surface area contributed by atoms with Crippen LogP contribution in [0.3, 0.4) is 0 Å². The number of carbonyl (C=O) groups excluding carboxylic acids is 1. The molecule has 3 aromatic rings. The van der Waals surface area contributed by atoms with Crippen LogP contribution in [0, 0.1) is 13.8 Å². The molecule has 7 heteroatoms. The molecule has 0 radical (unpaired) electrons. The van der Waals surface area contributed by atoms with Gasteiger partial charge in [-0.05, 0) is 37.6 Å². The minimum Gasteiger partial charge on any atom is -0.378 e. The Kier molecular flexibility index (Phi) is 6.06. The third-order valence-corrected chi connectivity index (χ3v) is 5.76. The summed E-state index contributed by atoms with van der Waals surface area (Å²) in [4.78, 5) is 15.4. The third kappa shape index (κ3) is 4.20. The summed E-state index contributed by atoms with van der Waals surface area (Å²) in [5.74, 6) is -0.156. The van der Waals surface area contributed by atoms with Gasteiger partial charge in [-0.1, -0.05) is 41.9 Å². The van der Waals surface area contributed by atoms with E-state index in [2.05, 4.69) is 15.3 Å². The van der Waals surface area contributed by atoms with Gasteiger partial charge in [0.15, 0.2) is 0 Å². The SMILES string of the molecule is Cc1nn(Cc2ccccc2Cl)c(C)c1C(=O)Nc1ccccc1N1CCOCC1. The Bertz CT molecular complexity index is 1060. The van der Waals surface area contributed by atoms with Crippen LogP contribution >= 0.6 is 11.6 Å². The number of benzene rings is 2. The molecule has 1 N–H and O–H groups in total. The van der Waals surface area contributed by atoms with Crippen LogP contribution < -0.4 is 10.2 Å². The van der Waals surface area contributed by atoms with Gasteiger partial charge in [0, 0.05) is 23.8 Å². The van der Waals surface area contributed by atoms with Crippen LogP contribution in [0.5, 0.6) is 0 Å². The normalized spacial score (nSPS) is 14.0. The van der Waals surface area contributed by atoms with Gasteiger partial charge in [-0.2, -0.15) is 5.10 Å². The summed E-state index contributed by atoms with van der Waals surface area (Å²) < 4.78 is 7.29. The van der Waals surface area contributed by atoms with Crippen molar-refractivity contribution < 1.29 is 9.53 Å². The number of nitrogens with one attached hydrogen (secondary N) is 1. The van der Waals surface area contributed by atoms with Gasteiger partial charge in [0.25, 0.3) is 5.91 Å². The van der Waals surface area contributed by atoms with Crippen molar-refractivity contribution in [2.45, 2.75) is 20.4 Å². The standard InChI is InChI=1S/C23H25ClN4O2/c1-16-22(17(2)28(26-16)15-18-7-3-4-8-19(18)24)23(29)25-20-9-5-6-10-21(20)27-11-13-30-14-12-27/h3-10H,11-15H2,1-2H3,(H,25,29). The fourth-order valence-corrected chi connectivity index (χ4v) is 4.01. The number of hydrogen-bond acceptors (Lipinski definition) is 4. The minimum atomic E-state index is -0.156. The van der Waals surface area contributed by atoms with Crippen molar-refractivity contribution in [2.24, 2.45) is 0 Å². The average Bonchev–Trinajstić information content (AvgIpc) is 3.03. The number of hydrogen-bond donors (Lipinski definition) is 1. The number of anilines is 2. The summed E-state index contributed by atoms with van der Waals surface area (Å²) in [5.41, 5.74) is 4.87. The van der Waals surface area contributed by atoms with Crippen LogP contribution in [-0.2, 0) is 11.3 Å². The lowest BCUT2D eigenvalue weighted by atomic mass is 10.1. The molecule has 1 aliphatic heterocycles. The smallest absolute Gasteiger partial charge is 0.259 e. The topological polar surface area (TPSA) is 59.4 Å². The van der Waals surface area contributed by atoms with Crippen molar-refractivity contribution in [2.75, 3.05) is 36.5 Å². The van der Waals surface area contributed by atoms with Gasteiger partial charge in [-0.25, -0.2) is 0 Å². The molecule has 0 atom stereocenters. The van der Waals surface area contributed by atoms with Crippen molar-refractivity contribution in [3.05, 3.63) is 76.1 Å². The zero-order valence-corrected chi connectivity index (χ0v) is 17.9. The van der Waals surface area contributed by atoms with Crippen LogP contribution in [0.25, 0.3) is 0 Å². The summed E-state index contributed by atoms with van der Waals surface area (Å²) in [6, 6.07) is 15.6. The maximum atomic E-state index is 13.2. The van der Waals surface area contributed by atoms with Gasteiger partial charge < -0.3 is 15.0 Å². The number of nitrogens with zero attached hydrogens (tertiary/aromatic N) is 3. The van der Waals surface area contributed by atoms with E-state index in [0.29, 0.717) is 36.0 Å². The summed E-state index contributed by atoms with van der Waals surface area (Å²) in [6.45, 7) is 7.29. The largest absolute Gasteiger partial charge is 0.378 e. The lowest BCUT2D eigenvalue weighted by molar-refractivity contribution is 0.102. The van der Waals surface area contributed by atoms with E-state index >= 15 is 0 Å². The molecular weight excluding hydrogens is 400 g/mol. The van der Waals surface area contributed by atoms with E-state index in [1.165, 1.54) is 0 Å². The lowest BCUT2D eigenvalue weighted by Gasteiger charge is -2.30. The van der Waals surface area contributed by atoms with Crippen LogP contribution in [0.2, 0.25) is 5.02 Å². The molecule has 30 heavy (non-hydrogen) atoms. The Morgan fingerprint density at radius 2 is 1.80 bits per heavy atom. The molecule has 4 rings (SSSR count). The van der Waals surface area contributed by atoms with E-state index in [4.69, 9.17) is 16.3 Å². The van der Waals surface area contributed by atoms with Gasteiger partial charge in [0.1, 0.15) is 0 Å². The zero-order valence-electron chi connectivity index (χ0n) is 17.2. The third-order valence-electron chi connectivity index (χ3n) is 5.39. The second kappa shape index (κ2) is 8.90. The number of halogens is 1. The zero-order chi connectivity index (χ0) is 21.1. The second-order valence-corrected chi connectivity index (χ2v) is 7.77. The Morgan fingerprint density at radius 3 is 2.57 bits per heavy atom. The first-order valence-corrected chi connectivity index (χ1v) is 10.4. The molecule has 1 fully saturated rings. The number of aromatic nitrogens is 2. The van der Waals surface area contributed by atoms with Crippen molar-refractivity contribution in [3.63, 3.8) is 0 Å². The van der Waals surface area contributed by atoms with Crippen LogP contribution in [0.15, 0.2) is 48.5 Å². The molecule has 1 aromatic heterocycles. The molecule has 0 bridgehead atoms. The highest BCUT2D eigenvalue weighted by Gasteiger charge is 2.21. The first-order valence-electron chi connectivity index (χ1n) is 10.0. The summed E-state index contributed by atoms with van der Waals surface area (Å²) in [6.07, 6.45) is 0. The molecular formula is C23H25ClN4O2. The predicted octanol–water partition coefficient (Wildman–Crippen LogP) is 4.29. The number of aryl methyl sites for hydroxylation is 1. The van der Waals surface area contributed by atoms with E-state index in [1.54, 1.807) is 0 Å². The fraction of sp³-hybridized carbons (Fsp3) is 0.304. The number of ether oxygens (including phenoxy) is 1. The fourth-order valence-electron chi connectivity index (χ4n) is 3.81.